The molecule has 156 valence electrons. The zero-order valence-electron chi connectivity index (χ0n) is 16.8. The highest BCUT2D eigenvalue weighted by Gasteiger charge is 2.16. The van der Waals surface area contributed by atoms with E-state index in [0.29, 0.717) is 17.4 Å². The highest BCUT2D eigenvalue weighted by atomic mass is 35.5. The van der Waals surface area contributed by atoms with Gasteiger partial charge in [0.25, 0.3) is 0 Å². The Morgan fingerprint density at radius 2 is 1.73 bits per heavy atom. The molecule has 1 heterocycles. The molecule has 30 heavy (non-hydrogen) atoms. The minimum absolute atomic E-state index is 0.0571. The number of urea groups is 1. The number of hydrogen-bond acceptors (Lipinski definition) is 4. The molecule has 0 radical (unpaired) electrons. The van der Waals surface area contributed by atoms with E-state index in [1.165, 1.54) is 4.90 Å². The summed E-state index contributed by atoms with van der Waals surface area (Å²) in [5.74, 6) is 0.405. The van der Waals surface area contributed by atoms with Crippen molar-refractivity contribution in [2.45, 2.75) is 6.54 Å². The lowest BCUT2D eigenvalue weighted by Gasteiger charge is -2.25. The number of hydrogen-bond donors (Lipinski definition) is 1. The molecule has 0 spiro atoms. The fourth-order valence-corrected chi connectivity index (χ4v) is 3.10. The Kier molecular flexibility index (Phi) is 7.08. The number of halogens is 1. The van der Waals surface area contributed by atoms with E-state index in [0.717, 1.165) is 16.3 Å². The Morgan fingerprint density at radius 3 is 2.50 bits per heavy atom. The number of carbonyl (C=O) groups excluding carboxylic acids is 2. The number of nitrogens with zero attached hydrogens (tertiary/aromatic N) is 3. The molecule has 7 nitrogen and oxygen atoms in total. The maximum atomic E-state index is 12.5. The van der Waals surface area contributed by atoms with Gasteiger partial charge in [-0.2, -0.15) is 0 Å². The van der Waals surface area contributed by atoms with Crippen LogP contribution in [0.4, 0.5) is 15.4 Å². The second-order valence-corrected chi connectivity index (χ2v) is 7.24. The molecule has 0 saturated carbocycles. The van der Waals surface area contributed by atoms with E-state index in [2.05, 4.69) is 10.3 Å². The smallest absolute Gasteiger partial charge is 0.412 e. The van der Waals surface area contributed by atoms with Crippen LogP contribution in [0.15, 0.2) is 60.8 Å². The van der Waals surface area contributed by atoms with E-state index in [4.69, 9.17) is 16.3 Å². The van der Waals surface area contributed by atoms with Crippen LogP contribution in [0, 0.1) is 0 Å². The summed E-state index contributed by atoms with van der Waals surface area (Å²) in [4.78, 5) is 31.7. The van der Waals surface area contributed by atoms with Gasteiger partial charge in [0.1, 0.15) is 12.4 Å². The van der Waals surface area contributed by atoms with Gasteiger partial charge in [-0.05, 0) is 23.1 Å². The predicted octanol–water partition coefficient (Wildman–Crippen LogP) is 4.62. The van der Waals surface area contributed by atoms with E-state index >= 15 is 0 Å². The van der Waals surface area contributed by atoms with Gasteiger partial charge in [0.05, 0.1) is 6.54 Å². The molecule has 0 saturated heterocycles. The normalized spacial score (nSPS) is 10.5. The van der Waals surface area contributed by atoms with Crippen LogP contribution in [0.2, 0.25) is 5.02 Å². The van der Waals surface area contributed by atoms with Gasteiger partial charge in [0, 0.05) is 37.2 Å². The summed E-state index contributed by atoms with van der Waals surface area (Å²) in [6, 6.07) is 16.7. The number of fused-ring (bicyclic) bond motifs is 1. The lowest BCUT2D eigenvalue weighted by molar-refractivity contribution is 0.136. The highest BCUT2D eigenvalue weighted by molar-refractivity contribution is 6.31. The van der Waals surface area contributed by atoms with Crippen molar-refractivity contribution in [3.8, 4) is 0 Å². The molecule has 0 aliphatic rings. The number of ether oxygens (including phenoxy) is 1. The minimum atomic E-state index is -0.622. The first-order valence-corrected chi connectivity index (χ1v) is 9.80. The number of anilines is 1. The molecule has 3 aromatic rings. The number of nitrogens with one attached hydrogen (secondary N) is 1. The third-order valence-corrected chi connectivity index (χ3v) is 4.91. The molecule has 1 aromatic heterocycles. The van der Waals surface area contributed by atoms with Gasteiger partial charge in [-0.1, -0.05) is 54.1 Å². The molecule has 0 bridgehead atoms. The summed E-state index contributed by atoms with van der Waals surface area (Å²) in [6.45, 7) is 0.698. The van der Waals surface area contributed by atoms with E-state index in [9.17, 15) is 9.59 Å². The molecule has 3 rings (SSSR count). The maximum Gasteiger partial charge on any atom is 0.412 e. The largest absolute Gasteiger partial charge is 0.447 e. The van der Waals surface area contributed by atoms with Crippen molar-refractivity contribution in [2.24, 2.45) is 0 Å². The number of likely N-dealkylation sites (N-methyl/N-ethyl adjacent to an activating group) is 1. The summed E-state index contributed by atoms with van der Waals surface area (Å²) < 4.78 is 5.17. The fraction of sp³-hybridized carbons (Fsp3) is 0.227. The predicted molar refractivity (Wildman–Crippen MR) is 118 cm³/mol. The summed E-state index contributed by atoms with van der Waals surface area (Å²) in [6.07, 6.45) is 1.06. The van der Waals surface area contributed by atoms with E-state index in [-0.39, 0.29) is 19.2 Å². The first-order valence-electron chi connectivity index (χ1n) is 9.42. The van der Waals surface area contributed by atoms with Gasteiger partial charge >= 0.3 is 12.1 Å². The molecule has 0 fully saturated rings. The Labute approximate surface area is 180 Å². The molecule has 0 unspecified atom stereocenters. The van der Waals surface area contributed by atoms with Crippen LogP contribution in [0.3, 0.4) is 0 Å². The van der Waals surface area contributed by atoms with Crippen LogP contribution in [-0.4, -0.2) is 54.2 Å². The van der Waals surface area contributed by atoms with Crippen LogP contribution in [-0.2, 0) is 11.3 Å². The van der Waals surface area contributed by atoms with Gasteiger partial charge in [-0.15, -0.1) is 0 Å². The number of aromatic nitrogens is 1. The van der Waals surface area contributed by atoms with Crippen molar-refractivity contribution in [3.05, 3.63) is 71.4 Å². The Hall–Kier alpha value is -3.32. The van der Waals surface area contributed by atoms with Crippen LogP contribution >= 0.6 is 11.6 Å². The van der Waals surface area contributed by atoms with Gasteiger partial charge in [0.15, 0.2) is 0 Å². The fourth-order valence-electron chi connectivity index (χ4n) is 2.90. The average molecular weight is 427 g/mol. The number of benzene rings is 2. The lowest BCUT2D eigenvalue weighted by Crippen LogP contribution is -2.40. The van der Waals surface area contributed by atoms with Gasteiger partial charge < -0.3 is 14.5 Å². The molecular weight excluding hydrogens is 404 g/mol. The summed E-state index contributed by atoms with van der Waals surface area (Å²) in [5.41, 5.74) is 0.863. The maximum absolute atomic E-state index is 12.5. The Bertz CT molecular complexity index is 1040. The van der Waals surface area contributed by atoms with Crippen molar-refractivity contribution >= 4 is 40.3 Å². The third-order valence-electron chi connectivity index (χ3n) is 4.54. The quantitative estimate of drug-likeness (QED) is 0.624. The molecule has 1 N–H and O–H groups in total. The van der Waals surface area contributed by atoms with E-state index < -0.39 is 6.09 Å². The van der Waals surface area contributed by atoms with Gasteiger partial charge in [-0.25, -0.2) is 14.6 Å². The topological polar surface area (TPSA) is 74.8 Å². The zero-order chi connectivity index (χ0) is 21.5. The molecule has 0 atom stereocenters. The second-order valence-electron chi connectivity index (χ2n) is 6.83. The number of amides is 3. The summed E-state index contributed by atoms with van der Waals surface area (Å²) in [7, 11) is 3.35. The number of rotatable bonds is 6. The molecule has 2 aromatic carbocycles. The standard InChI is InChI=1S/C22H23ClN4O3/c1-26(22(29)27(2)15-18-9-5-6-10-19(18)23)11-12-30-21(28)25-20-13-16-7-3-4-8-17(16)14-24-20/h3-10,13-14H,11-12,15H2,1-2H3,(H,24,25,28). The highest BCUT2D eigenvalue weighted by Crippen LogP contribution is 2.17. The van der Waals surface area contributed by atoms with Crippen LogP contribution in [0.1, 0.15) is 5.56 Å². The molecular formula is C22H23ClN4O3. The Balaban J connectivity index is 1.44. The van der Waals surface area contributed by atoms with Crippen LogP contribution in [0.25, 0.3) is 10.8 Å². The molecule has 0 aliphatic heterocycles. The van der Waals surface area contributed by atoms with Crippen LogP contribution in [0.5, 0.6) is 0 Å². The number of carbonyl (C=O) groups is 2. The van der Waals surface area contributed by atoms with Crippen LogP contribution < -0.4 is 5.32 Å². The van der Waals surface area contributed by atoms with E-state index in [1.54, 1.807) is 37.3 Å². The van der Waals surface area contributed by atoms with Gasteiger partial charge in [-0.3, -0.25) is 5.32 Å². The van der Waals surface area contributed by atoms with Crippen molar-refractivity contribution in [2.75, 3.05) is 32.6 Å². The minimum Gasteiger partial charge on any atom is -0.447 e. The van der Waals surface area contributed by atoms with E-state index in [1.807, 2.05) is 42.5 Å². The number of pyridine rings is 1. The summed E-state index contributed by atoms with van der Waals surface area (Å²) >= 11 is 6.15. The van der Waals surface area contributed by atoms with Crippen molar-refractivity contribution in [3.63, 3.8) is 0 Å². The van der Waals surface area contributed by atoms with Crippen molar-refractivity contribution < 1.29 is 14.3 Å². The molecule has 0 aliphatic carbocycles. The van der Waals surface area contributed by atoms with Crippen molar-refractivity contribution in [1.82, 2.24) is 14.8 Å². The zero-order valence-corrected chi connectivity index (χ0v) is 17.6. The van der Waals surface area contributed by atoms with Gasteiger partial charge in [0.2, 0.25) is 0 Å². The third kappa shape index (κ3) is 5.61. The SMILES string of the molecule is CN(CCOC(=O)Nc1cc2ccccc2cn1)C(=O)N(C)Cc1ccccc1Cl. The van der Waals surface area contributed by atoms with Crippen molar-refractivity contribution in [1.29, 1.82) is 0 Å². The Morgan fingerprint density at radius 1 is 1.03 bits per heavy atom. The first-order chi connectivity index (χ1) is 14.4. The first kappa shape index (κ1) is 21.4. The average Bonchev–Trinajstić information content (AvgIpc) is 2.74. The molecule has 8 heteroatoms. The summed E-state index contributed by atoms with van der Waals surface area (Å²) in [5, 5.41) is 5.16. The monoisotopic (exact) mass is 426 g/mol. The second kappa shape index (κ2) is 9.93. The molecule has 3 amide bonds. The lowest BCUT2D eigenvalue weighted by atomic mass is 10.2.